The van der Waals surface area contributed by atoms with E-state index < -0.39 is 0 Å². The highest BCUT2D eigenvalue weighted by molar-refractivity contribution is 8.04. The lowest BCUT2D eigenvalue weighted by Crippen LogP contribution is -2.32. The molecule has 28 heavy (non-hydrogen) atoms. The second-order valence-electron chi connectivity index (χ2n) is 7.15. The molecule has 3 heterocycles. The van der Waals surface area contributed by atoms with Crippen molar-refractivity contribution >= 4 is 55.9 Å². The van der Waals surface area contributed by atoms with Crippen LogP contribution in [0.1, 0.15) is 25.0 Å². The molecule has 0 bridgehead atoms. The third kappa shape index (κ3) is 2.75. The number of fused-ring (bicyclic) bond motifs is 4. The smallest absolute Gasteiger partial charge is 0.213 e. The number of benzene rings is 2. The summed E-state index contributed by atoms with van der Waals surface area (Å²) in [5.41, 5.74) is 5.23. The minimum absolute atomic E-state index is 0.972. The highest BCUT2D eigenvalue weighted by Gasteiger charge is 2.26. The van der Waals surface area contributed by atoms with Gasteiger partial charge < -0.3 is 4.90 Å². The van der Waals surface area contributed by atoms with E-state index in [0.29, 0.717) is 0 Å². The largest absolute Gasteiger partial charge is 0.335 e. The fourth-order valence-corrected chi connectivity index (χ4v) is 6.21. The number of pyridine rings is 1. The lowest BCUT2D eigenvalue weighted by atomic mass is 10.1. The molecular formula is C24H23N2S2+. The lowest BCUT2D eigenvalue weighted by Gasteiger charge is -2.18. The van der Waals surface area contributed by atoms with Gasteiger partial charge in [0.1, 0.15) is 6.54 Å². The van der Waals surface area contributed by atoms with Gasteiger partial charge >= 0.3 is 0 Å². The summed E-state index contributed by atoms with van der Waals surface area (Å²) in [6.07, 6.45) is 4.58. The van der Waals surface area contributed by atoms with Crippen LogP contribution in [-0.4, -0.2) is 6.54 Å². The summed E-state index contributed by atoms with van der Waals surface area (Å²) in [7, 11) is 0. The van der Waals surface area contributed by atoms with Crippen LogP contribution in [0.3, 0.4) is 0 Å². The topological polar surface area (TPSA) is 7.12 Å². The molecule has 0 aliphatic carbocycles. The number of thiophene rings is 1. The summed E-state index contributed by atoms with van der Waals surface area (Å²) < 4.78 is 3.69. The Labute approximate surface area is 174 Å². The summed E-state index contributed by atoms with van der Waals surface area (Å²) in [5.74, 6) is 0. The van der Waals surface area contributed by atoms with Gasteiger partial charge in [0.2, 0.25) is 5.52 Å². The van der Waals surface area contributed by atoms with Crippen molar-refractivity contribution in [3.8, 4) is 0 Å². The molecule has 0 amide bonds. The van der Waals surface area contributed by atoms with Gasteiger partial charge in [-0.25, -0.2) is 0 Å². The van der Waals surface area contributed by atoms with E-state index in [2.05, 4.69) is 90.4 Å². The van der Waals surface area contributed by atoms with Crippen molar-refractivity contribution in [2.45, 2.75) is 32.2 Å². The third-order valence-corrected chi connectivity index (χ3v) is 7.53. The Bertz CT molecular complexity index is 1240. The highest BCUT2D eigenvalue weighted by Crippen LogP contribution is 2.50. The number of aromatic nitrogens is 1. The van der Waals surface area contributed by atoms with Crippen LogP contribution in [0, 0.1) is 6.92 Å². The Balaban J connectivity index is 1.68. The molecule has 0 N–H and O–H groups in total. The Kier molecular flexibility index (Phi) is 4.41. The Morgan fingerprint density at radius 1 is 1.04 bits per heavy atom. The zero-order valence-corrected chi connectivity index (χ0v) is 18.0. The number of aryl methyl sites for hydroxylation is 2. The molecule has 0 fully saturated rings. The van der Waals surface area contributed by atoms with Crippen molar-refractivity contribution in [2.75, 3.05) is 11.4 Å². The zero-order chi connectivity index (χ0) is 19.3. The second-order valence-corrected chi connectivity index (χ2v) is 9.13. The van der Waals surface area contributed by atoms with Crippen LogP contribution in [-0.2, 0) is 6.54 Å². The molecule has 2 aromatic carbocycles. The molecule has 0 saturated heterocycles. The molecule has 0 spiro atoms. The fraction of sp³-hybridized carbons (Fsp3) is 0.208. The SMILES string of the molecule is CCN1/C(=C\c2cc[n+](CC)c3ccc(C)cc23)Sc2c1ccc1sccc21. The molecule has 0 unspecified atom stereocenters. The van der Waals surface area contributed by atoms with E-state index in [1.54, 1.807) is 0 Å². The first-order chi connectivity index (χ1) is 13.7. The number of anilines is 1. The van der Waals surface area contributed by atoms with Crippen molar-refractivity contribution < 1.29 is 4.57 Å². The van der Waals surface area contributed by atoms with E-state index in [0.717, 1.165) is 13.1 Å². The molecular weight excluding hydrogens is 380 g/mol. The molecule has 4 aromatic rings. The summed E-state index contributed by atoms with van der Waals surface area (Å²) in [4.78, 5) is 3.84. The minimum atomic E-state index is 0.972. The van der Waals surface area contributed by atoms with E-state index in [4.69, 9.17) is 0 Å². The Morgan fingerprint density at radius 2 is 1.93 bits per heavy atom. The maximum absolute atomic E-state index is 2.44. The number of thioether (sulfide) groups is 1. The van der Waals surface area contributed by atoms with Crippen LogP contribution in [0.25, 0.3) is 27.1 Å². The first kappa shape index (κ1) is 17.8. The van der Waals surface area contributed by atoms with Crippen molar-refractivity contribution in [1.82, 2.24) is 0 Å². The maximum atomic E-state index is 2.44. The number of hydrogen-bond donors (Lipinski definition) is 0. The average molecular weight is 404 g/mol. The van der Waals surface area contributed by atoms with E-state index in [1.165, 1.54) is 47.7 Å². The first-order valence-corrected chi connectivity index (χ1v) is 11.5. The van der Waals surface area contributed by atoms with Crippen LogP contribution in [0.5, 0.6) is 0 Å². The van der Waals surface area contributed by atoms with Gasteiger partial charge in [0.05, 0.1) is 16.1 Å². The van der Waals surface area contributed by atoms with Gasteiger partial charge in [-0.2, -0.15) is 4.57 Å². The quantitative estimate of drug-likeness (QED) is 0.356. The predicted molar refractivity (Wildman–Crippen MR) is 123 cm³/mol. The number of hydrogen-bond acceptors (Lipinski definition) is 3. The van der Waals surface area contributed by atoms with E-state index in [-0.39, 0.29) is 0 Å². The maximum Gasteiger partial charge on any atom is 0.213 e. The zero-order valence-electron chi connectivity index (χ0n) is 16.4. The minimum Gasteiger partial charge on any atom is -0.335 e. The summed E-state index contributed by atoms with van der Waals surface area (Å²) in [6, 6.07) is 15.8. The van der Waals surface area contributed by atoms with Gasteiger partial charge in [0, 0.05) is 33.7 Å². The standard InChI is InChI=1S/C24H23N2S2/c1-4-25-12-10-17(19-14-16(3)6-7-20(19)25)15-23-26(5-2)21-8-9-22-18(11-13-27-22)24(21)28-23/h6-15H,4-5H2,1-3H3/q+1. The van der Waals surface area contributed by atoms with Gasteiger partial charge in [0.25, 0.3) is 0 Å². The fourth-order valence-electron chi connectivity index (χ4n) is 4.04. The Morgan fingerprint density at radius 3 is 2.75 bits per heavy atom. The molecule has 1 aliphatic heterocycles. The molecule has 5 rings (SSSR count). The summed E-state index contributed by atoms with van der Waals surface area (Å²) >= 11 is 3.73. The molecule has 0 atom stereocenters. The first-order valence-electron chi connectivity index (χ1n) is 9.79. The highest BCUT2D eigenvalue weighted by atomic mass is 32.2. The molecule has 0 saturated carbocycles. The van der Waals surface area contributed by atoms with E-state index >= 15 is 0 Å². The van der Waals surface area contributed by atoms with Crippen molar-refractivity contribution in [1.29, 1.82) is 0 Å². The summed E-state index contributed by atoms with van der Waals surface area (Å²) in [6.45, 7) is 8.56. The lowest BCUT2D eigenvalue weighted by molar-refractivity contribution is -0.667. The number of nitrogens with zero attached hydrogens (tertiary/aromatic N) is 2. The van der Waals surface area contributed by atoms with Gasteiger partial charge in [-0.3, -0.25) is 0 Å². The van der Waals surface area contributed by atoms with Gasteiger partial charge in [-0.05, 0) is 62.1 Å². The van der Waals surface area contributed by atoms with Crippen LogP contribution < -0.4 is 9.47 Å². The van der Waals surface area contributed by atoms with E-state index in [9.17, 15) is 0 Å². The molecule has 1 aliphatic rings. The molecule has 4 heteroatoms. The van der Waals surface area contributed by atoms with Gasteiger partial charge in [-0.15, -0.1) is 11.3 Å². The van der Waals surface area contributed by atoms with Crippen LogP contribution in [0.15, 0.2) is 64.0 Å². The van der Waals surface area contributed by atoms with Crippen molar-refractivity contribution in [3.63, 3.8) is 0 Å². The monoisotopic (exact) mass is 403 g/mol. The molecule has 140 valence electrons. The normalized spacial score (nSPS) is 15.1. The predicted octanol–water partition coefficient (Wildman–Crippen LogP) is 6.60. The second kappa shape index (κ2) is 6.94. The molecule has 2 aromatic heterocycles. The number of rotatable bonds is 3. The molecule has 2 nitrogen and oxygen atoms in total. The van der Waals surface area contributed by atoms with Gasteiger partial charge in [0.15, 0.2) is 6.20 Å². The third-order valence-electron chi connectivity index (χ3n) is 5.47. The molecule has 0 radical (unpaired) electrons. The van der Waals surface area contributed by atoms with E-state index in [1.807, 2.05) is 23.1 Å². The van der Waals surface area contributed by atoms with Gasteiger partial charge in [-0.1, -0.05) is 23.4 Å². The van der Waals surface area contributed by atoms with Crippen molar-refractivity contribution in [2.24, 2.45) is 0 Å². The average Bonchev–Trinajstić information content (AvgIpc) is 3.31. The van der Waals surface area contributed by atoms with Crippen LogP contribution in [0.4, 0.5) is 5.69 Å². The summed E-state index contributed by atoms with van der Waals surface area (Å²) in [5, 5.41) is 6.21. The Hall–Kier alpha value is -2.30. The van der Waals surface area contributed by atoms with Crippen LogP contribution >= 0.6 is 23.1 Å². The van der Waals surface area contributed by atoms with Crippen molar-refractivity contribution in [3.05, 3.63) is 70.2 Å². The van der Waals surface area contributed by atoms with Crippen LogP contribution in [0.2, 0.25) is 0 Å².